The molecule has 31 heavy (non-hydrogen) atoms. The fourth-order valence-corrected chi connectivity index (χ4v) is 3.01. The summed E-state index contributed by atoms with van der Waals surface area (Å²) in [4.78, 5) is 25.6. The van der Waals surface area contributed by atoms with Crippen molar-refractivity contribution in [3.8, 4) is 5.75 Å². The first kappa shape index (κ1) is 21.9. The maximum Gasteiger partial charge on any atom is 0.268 e. The van der Waals surface area contributed by atoms with Gasteiger partial charge in [-0.1, -0.05) is 30.3 Å². The van der Waals surface area contributed by atoms with Gasteiger partial charge in [-0.15, -0.1) is 0 Å². The predicted molar refractivity (Wildman–Crippen MR) is 120 cm³/mol. The zero-order valence-electron chi connectivity index (χ0n) is 17.6. The topological polar surface area (TPSA) is 80.6 Å². The van der Waals surface area contributed by atoms with Crippen LogP contribution in [0, 0.1) is 0 Å². The second-order valence-electron chi connectivity index (χ2n) is 7.15. The number of furan rings is 1. The fourth-order valence-electron chi connectivity index (χ4n) is 3.01. The Morgan fingerprint density at radius 2 is 1.77 bits per heavy atom. The van der Waals surface area contributed by atoms with Gasteiger partial charge in [-0.25, -0.2) is 0 Å². The summed E-state index contributed by atoms with van der Waals surface area (Å²) in [6.45, 7) is 1.94. The van der Waals surface area contributed by atoms with Gasteiger partial charge in [0, 0.05) is 17.7 Å². The van der Waals surface area contributed by atoms with Crippen molar-refractivity contribution in [1.29, 1.82) is 0 Å². The molecule has 2 N–H and O–H groups in total. The van der Waals surface area contributed by atoms with Crippen LogP contribution in [0.25, 0.3) is 6.08 Å². The van der Waals surface area contributed by atoms with Crippen LogP contribution in [0.3, 0.4) is 0 Å². The molecular formula is C25H26N2O4. The highest BCUT2D eigenvalue weighted by molar-refractivity contribution is 6.05. The first-order valence-corrected chi connectivity index (χ1v) is 10.1. The van der Waals surface area contributed by atoms with E-state index in [2.05, 4.69) is 22.8 Å². The highest BCUT2D eigenvalue weighted by Gasteiger charge is 2.17. The van der Waals surface area contributed by atoms with Crippen LogP contribution < -0.4 is 15.4 Å². The molecule has 3 aromatic rings. The predicted octanol–water partition coefficient (Wildman–Crippen LogP) is 4.20. The van der Waals surface area contributed by atoms with E-state index in [1.165, 1.54) is 17.9 Å². The molecule has 6 heteroatoms. The number of methoxy groups -OCH3 is 1. The molecule has 1 heterocycles. The molecule has 2 aromatic carbocycles. The third kappa shape index (κ3) is 6.60. The molecule has 2 amide bonds. The maximum atomic E-state index is 12.9. The van der Waals surface area contributed by atoms with Gasteiger partial charge < -0.3 is 19.8 Å². The van der Waals surface area contributed by atoms with E-state index in [1.54, 1.807) is 43.5 Å². The van der Waals surface area contributed by atoms with Crippen LogP contribution >= 0.6 is 0 Å². The number of rotatable bonds is 9. The average molecular weight is 418 g/mol. The summed E-state index contributed by atoms with van der Waals surface area (Å²) in [5, 5.41) is 5.65. The quantitative estimate of drug-likeness (QED) is 0.511. The Kier molecular flexibility index (Phi) is 7.65. The largest absolute Gasteiger partial charge is 0.497 e. The van der Waals surface area contributed by atoms with E-state index in [1.807, 2.05) is 25.1 Å². The summed E-state index contributed by atoms with van der Waals surface area (Å²) in [5.41, 5.74) is 1.74. The van der Waals surface area contributed by atoms with Crippen molar-refractivity contribution in [3.63, 3.8) is 0 Å². The van der Waals surface area contributed by atoms with Gasteiger partial charge in [-0.3, -0.25) is 9.59 Å². The first-order valence-electron chi connectivity index (χ1n) is 10.1. The zero-order valence-corrected chi connectivity index (χ0v) is 17.6. The van der Waals surface area contributed by atoms with Crippen LogP contribution in [0.5, 0.6) is 5.75 Å². The summed E-state index contributed by atoms with van der Waals surface area (Å²) >= 11 is 0. The Hall–Kier alpha value is -3.80. The van der Waals surface area contributed by atoms with Crippen molar-refractivity contribution in [2.45, 2.75) is 25.8 Å². The molecule has 0 unspecified atom stereocenters. The molecule has 1 aromatic heterocycles. The lowest BCUT2D eigenvalue weighted by Crippen LogP contribution is -2.39. The Morgan fingerprint density at radius 3 is 2.42 bits per heavy atom. The number of benzene rings is 2. The Morgan fingerprint density at radius 1 is 1.03 bits per heavy atom. The summed E-state index contributed by atoms with van der Waals surface area (Å²) in [6, 6.07) is 20.1. The Labute approximate surface area is 181 Å². The molecule has 0 radical (unpaired) electrons. The molecule has 0 aliphatic carbocycles. The van der Waals surface area contributed by atoms with Crippen molar-refractivity contribution in [3.05, 3.63) is 95.6 Å². The number of carbonyl (C=O) groups is 2. The second kappa shape index (κ2) is 10.8. The van der Waals surface area contributed by atoms with Gasteiger partial charge in [-0.05, 0) is 61.7 Å². The minimum absolute atomic E-state index is 0.0782. The van der Waals surface area contributed by atoms with E-state index >= 15 is 0 Å². The highest BCUT2D eigenvalue weighted by atomic mass is 16.5. The van der Waals surface area contributed by atoms with Gasteiger partial charge in [0.15, 0.2) is 0 Å². The van der Waals surface area contributed by atoms with Gasteiger partial charge in [0.2, 0.25) is 0 Å². The molecule has 0 bridgehead atoms. The zero-order chi connectivity index (χ0) is 22.1. The normalized spacial score (nSPS) is 12.1. The minimum atomic E-state index is -0.396. The number of aryl methyl sites for hydroxylation is 1. The van der Waals surface area contributed by atoms with Crippen molar-refractivity contribution in [1.82, 2.24) is 10.6 Å². The smallest absolute Gasteiger partial charge is 0.268 e. The molecule has 6 nitrogen and oxygen atoms in total. The molecule has 0 aliphatic rings. The van der Waals surface area contributed by atoms with Crippen LogP contribution in [-0.4, -0.2) is 25.0 Å². The van der Waals surface area contributed by atoms with E-state index in [4.69, 9.17) is 9.15 Å². The number of carbonyl (C=O) groups excluding carboxylic acids is 2. The fraction of sp³-hybridized carbons (Fsp3) is 0.200. The van der Waals surface area contributed by atoms with E-state index in [-0.39, 0.29) is 17.6 Å². The summed E-state index contributed by atoms with van der Waals surface area (Å²) in [5.74, 6) is 0.344. The number of nitrogens with one attached hydrogen (secondary N) is 2. The van der Waals surface area contributed by atoms with Crippen LogP contribution in [0.2, 0.25) is 0 Å². The third-order valence-electron chi connectivity index (χ3n) is 4.76. The standard InChI is InChI=1S/C25H26N2O4/c1-18(10-11-19-7-4-3-5-8-19)26-25(29)23(17-22-9-6-16-31-22)27-24(28)20-12-14-21(30-2)15-13-20/h3-9,12-18H,10-11H2,1-2H3,(H,26,29)(H,27,28)/b23-17-/t18-/m1/s1. The summed E-state index contributed by atoms with van der Waals surface area (Å²) in [6.07, 6.45) is 4.64. The third-order valence-corrected chi connectivity index (χ3v) is 4.76. The molecule has 3 rings (SSSR count). The van der Waals surface area contributed by atoms with Crippen LogP contribution in [-0.2, 0) is 11.2 Å². The van der Waals surface area contributed by atoms with E-state index in [9.17, 15) is 9.59 Å². The number of hydrogen-bond donors (Lipinski definition) is 2. The van der Waals surface area contributed by atoms with Crippen molar-refractivity contribution >= 4 is 17.9 Å². The summed E-state index contributed by atoms with van der Waals surface area (Å²) < 4.78 is 10.4. The molecule has 0 fully saturated rings. The maximum absolute atomic E-state index is 12.9. The van der Waals surface area contributed by atoms with E-state index in [0.717, 1.165) is 12.8 Å². The van der Waals surface area contributed by atoms with Crippen LogP contribution in [0.1, 0.15) is 35.0 Å². The molecule has 0 aliphatic heterocycles. The molecule has 1 atom stereocenters. The molecular weight excluding hydrogens is 392 g/mol. The molecule has 160 valence electrons. The van der Waals surface area contributed by atoms with Gasteiger partial charge in [0.25, 0.3) is 11.8 Å². The first-order chi connectivity index (χ1) is 15.0. The molecule has 0 spiro atoms. The Bertz CT molecular complexity index is 1010. The van der Waals surface area contributed by atoms with Crippen LogP contribution in [0.15, 0.2) is 83.1 Å². The van der Waals surface area contributed by atoms with E-state index < -0.39 is 5.91 Å². The van der Waals surface area contributed by atoms with Gasteiger partial charge in [-0.2, -0.15) is 0 Å². The van der Waals surface area contributed by atoms with Gasteiger partial charge in [0.05, 0.1) is 13.4 Å². The van der Waals surface area contributed by atoms with Gasteiger partial charge >= 0.3 is 0 Å². The monoisotopic (exact) mass is 418 g/mol. The van der Waals surface area contributed by atoms with E-state index in [0.29, 0.717) is 17.1 Å². The lowest BCUT2D eigenvalue weighted by atomic mass is 10.1. The second-order valence-corrected chi connectivity index (χ2v) is 7.15. The average Bonchev–Trinajstić information content (AvgIpc) is 3.31. The minimum Gasteiger partial charge on any atom is -0.497 e. The number of hydrogen-bond acceptors (Lipinski definition) is 4. The van der Waals surface area contributed by atoms with Gasteiger partial charge in [0.1, 0.15) is 17.2 Å². The van der Waals surface area contributed by atoms with Crippen molar-refractivity contribution < 1.29 is 18.7 Å². The lowest BCUT2D eigenvalue weighted by Gasteiger charge is -2.16. The van der Waals surface area contributed by atoms with Crippen molar-refractivity contribution in [2.75, 3.05) is 7.11 Å². The van der Waals surface area contributed by atoms with Crippen LogP contribution in [0.4, 0.5) is 0 Å². The molecule has 0 saturated heterocycles. The lowest BCUT2D eigenvalue weighted by molar-refractivity contribution is -0.118. The summed E-state index contributed by atoms with van der Waals surface area (Å²) in [7, 11) is 1.56. The number of ether oxygens (including phenoxy) is 1. The number of amides is 2. The highest BCUT2D eigenvalue weighted by Crippen LogP contribution is 2.13. The van der Waals surface area contributed by atoms with Crippen molar-refractivity contribution in [2.24, 2.45) is 0 Å². The SMILES string of the molecule is COc1ccc(C(=O)N/C(=C\c2ccco2)C(=O)N[C@H](C)CCc2ccccc2)cc1. The molecule has 0 saturated carbocycles. The Balaban J connectivity index is 1.67.